The Bertz CT molecular complexity index is 1630. The van der Waals surface area contributed by atoms with Gasteiger partial charge in [0.2, 0.25) is 0 Å². The zero-order valence-electron chi connectivity index (χ0n) is 24.7. The zero-order valence-corrected chi connectivity index (χ0v) is 24.7. The first-order chi connectivity index (χ1) is 21.4. The standard InChI is InChI=1S/C33H35FN4O6/c1-41-24-5-3-4-21(16-24)10-14-37-32(39)33(40)38-23-6-7-29(26(34)17-23)44-28-11-15-36-27-19-31(30(42-2)18-25(27)28)43-20-22-8-12-35-13-9-22/h3-7,11,15-19,22,35H,8-10,12-14,20H2,1-2H3,(H,37,39)(H,38,40). The molecule has 1 aliphatic heterocycles. The first kappa shape index (κ1) is 30.6. The summed E-state index contributed by atoms with van der Waals surface area (Å²) in [5.41, 5.74) is 1.66. The molecule has 0 bridgehead atoms. The third-order valence-electron chi connectivity index (χ3n) is 7.37. The summed E-state index contributed by atoms with van der Waals surface area (Å²) in [5.74, 6) is 0.115. The fourth-order valence-electron chi connectivity index (χ4n) is 4.94. The molecular weight excluding hydrogens is 567 g/mol. The number of carbonyl (C=O) groups is 2. The molecule has 1 aliphatic rings. The molecule has 2 heterocycles. The molecule has 0 aliphatic carbocycles. The Morgan fingerprint density at radius 1 is 0.932 bits per heavy atom. The van der Waals surface area contributed by atoms with Crippen molar-refractivity contribution >= 4 is 28.4 Å². The number of rotatable bonds is 11. The molecule has 10 nitrogen and oxygen atoms in total. The number of piperidine rings is 1. The molecule has 0 atom stereocenters. The summed E-state index contributed by atoms with van der Waals surface area (Å²) in [5, 5.41) is 8.94. The summed E-state index contributed by atoms with van der Waals surface area (Å²) in [4.78, 5) is 29.1. The number of fused-ring (bicyclic) bond motifs is 1. The van der Waals surface area contributed by atoms with E-state index in [4.69, 9.17) is 18.9 Å². The van der Waals surface area contributed by atoms with E-state index in [9.17, 15) is 9.59 Å². The lowest BCUT2D eigenvalue weighted by molar-refractivity contribution is -0.136. The smallest absolute Gasteiger partial charge is 0.313 e. The van der Waals surface area contributed by atoms with E-state index in [2.05, 4.69) is 20.9 Å². The van der Waals surface area contributed by atoms with Crippen LogP contribution in [-0.2, 0) is 16.0 Å². The number of nitrogens with one attached hydrogen (secondary N) is 3. The van der Waals surface area contributed by atoms with Gasteiger partial charge >= 0.3 is 11.8 Å². The quantitative estimate of drug-likeness (QED) is 0.208. The number of halogens is 1. The SMILES string of the molecule is COc1cccc(CCNC(=O)C(=O)Nc2ccc(Oc3ccnc4cc(OCC5CCNCC5)c(OC)cc34)c(F)c2)c1. The molecule has 1 aromatic heterocycles. The lowest BCUT2D eigenvalue weighted by Crippen LogP contribution is -2.36. The Labute approximate surface area is 254 Å². The van der Waals surface area contributed by atoms with E-state index in [-0.39, 0.29) is 18.0 Å². The van der Waals surface area contributed by atoms with Gasteiger partial charge in [0.25, 0.3) is 0 Å². The van der Waals surface area contributed by atoms with Crippen LogP contribution in [0.5, 0.6) is 28.7 Å². The number of aromatic nitrogens is 1. The molecular formula is C33H35FN4O6. The van der Waals surface area contributed by atoms with E-state index < -0.39 is 17.6 Å². The van der Waals surface area contributed by atoms with E-state index >= 15 is 4.39 Å². The summed E-state index contributed by atoms with van der Waals surface area (Å²) in [7, 11) is 3.14. The van der Waals surface area contributed by atoms with Crippen LogP contribution in [0.25, 0.3) is 10.9 Å². The van der Waals surface area contributed by atoms with E-state index in [1.54, 1.807) is 38.6 Å². The highest BCUT2D eigenvalue weighted by atomic mass is 19.1. The molecule has 0 spiro atoms. The first-order valence-electron chi connectivity index (χ1n) is 14.4. The number of benzene rings is 3. The highest BCUT2D eigenvalue weighted by Crippen LogP contribution is 2.38. The second-order valence-corrected chi connectivity index (χ2v) is 10.4. The molecule has 0 saturated carbocycles. The number of ether oxygens (including phenoxy) is 4. The van der Waals surface area contributed by atoms with Crippen molar-refractivity contribution in [1.29, 1.82) is 0 Å². The molecule has 1 fully saturated rings. The monoisotopic (exact) mass is 602 g/mol. The van der Waals surface area contributed by atoms with Crippen LogP contribution in [0.1, 0.15) is 18.4 Å². The largest absolute Gasteiger partial charge is 0.497 e. The van der Waals surface area contributed by atoms with Crippen LogP contribution >= 0.6 is 0 Å². The van der Waals surface area contributed by atoms with Gasteiger partial charge in [-0.15, -0.1) is 0 Å². The zero-order chi connectivity index (χ0) is 30.9. The van der Waals surface area contributed by atoms with Crippen molar-refractivity contribution in [3.8, 4) is 28.7 Å². The number of hydrogen-bond acceptors (Lipinski definition) is 8. The molecule has 3 aromatic carbocycles. The minimum absolute atomic E-state index is 0.0663. The average Bonchev–Trinajstić information content (AvgIpc) is 3.05. The molecule has 230 valence electrons. The van der Waals surface area contributed by atoms with Crippen molar-refractivity contribution in [2.75, 3.05) is 45.8 Å². The predicted octanol–water partition coefficient (Wildman–Crippen LogP) is 4.86. The van der Waals surface area contributed by atoms with E-state index in [0.717, 1.165) is 37.6 Å². The molecule has 44 heavy (non-hydrogen) atoms. The van der Waals surface area contributed by atoms with E-state index in [0.29, 0.717) is 52.8 Å². The molecule has 4 aromatic rings. The Morgan fingerprint density at radius 2 is 1.77 bits per heavy atom. The van der Waals surface area contributed by atoms with Crippen molar-refractivity contribution in [2.24, 2.45) is 5.92 Å². The lowest BCUT2D eigenvalue weighted by Gasteiger charge is -2.23. The number of pyridine rings is 1. The highest BCUT2D eigenvalue weighted by Gasteiger charge is 2.18. The van der Waals surface area contributed by atoms with Gasteiger partial charge in [0.1, 0.15) is 11.5 Å². The number of hydrogen-bond donors (Lipinski definition) is 3. The van der Waals surface area contributed by atoms with Gasteiger partial charge in [-0.3, -0.25) is 14.6 Å². The fraction of sp³-hybridized carbons (Fsp3) is 0.303. The maximum absolute atomic E-state index is 15.1. The minimum atomic E-state index is -0.908. The number of anilines is 1. The Kier molecular flexibility index (Phi) is 10.1. The van der Waals surface area contributed by atoms with Crippen LogP contribution in [0.15, 0.2) is 66.9 Å². The van der Waals surface area contributed by atoms with E-state index in [1.807, 2.05) is 24.3 Å². The van der Waals surface area contributed by atoms with Crippen molar-refractivity contribution in [1.82, 2.24) is 15.6 Å². The van der Waals surface area contributed by atoms with Crippen molar-refractivity contribution in [2.45, 2.75) is 19.3 Å². The molecule has 0 unspecified atom stereocenters. The molecule has 3 N–H and O–H groups in total. The van der Waals surface area contributed by atoms with Gasteiger partial charge in [-0.2, -0.15) is 0 Å². The van der Waals surface area contributed by atoms with Gasteiger partial charge in [0, 0.05) is 35.9 Å². The number of carbonyl (C=O) groups excluding carboxylic acids is 2. The van der Waals surface area contributed by atoms with Crippen LogP contribution in [0.4, 0.5) is 10.1 Å². The van der Waals surface area contributed by atoms with Gasteiger partial charge in [0.15, 0.2) is 23.1 Å². The van der Waals surface area contributed by atoms with Crippen molar-refractivity contribution in [3.63, 3.8) is 0 Å². The summed E-state index contributed by atoms with van der Waals surface area (Å²) >= 11 is 0. The fourth-order valence-corrected chi connectivity index (χ4v) is 4.94. The van der Waals surface area contributed by atoms with Crippen molar-refractivity contribution in [3.05, 3.63) is 78.2 Å². The van der Waals surface area contributed by atoms with Crippen LogP contribution in [0.2, 0.25) is 0 Å². The Hall–Kier alpha value is -4.90. The van der Waals surface area contributed by atoms with Crippen LogP contribution < -0.4 is 34.9 Å². The van der Waals surface area contributed by atoms with Gasteiger partial charge in [0.05, 0.1) is 26.3 Å². The maximum Gasteiger partial charge on any atom is 0.313 e. The van der Waals surface area contributed by atoms with Crippen LogP contribution in [-0.4, -0.2) is 57.3 Å². The van der Waals surface area contributed by atoms with Crippen LogP contribution in [0, 0.1) is 11.7 Å². The van der Waals surface area contributed by atoms with Crippen molar-refractivity contribution < 1.29 is 32.9 Å². The normalized spacial score (nSPS) is 13.2. The van der Waals surface area contributed by atoms with Gasteiger partial charge < -0.3 is 34.9 Å². The average molecular weight is 603 g/mol. The number of methoxy groups -OCH3 is 2. The summed E-state index contributed by atoms with van der Waals surface area (Å²) < 4.78 is 37.9. The Morgan fingerprint density at radius 3 is 2.55 bits per heavy atom. The summed E-state index contributed by atoms with van der Waals surface area (Å²) in [6.45, 7) is 2.79. The van der Waals surface area contributed by atoms with E-state index in [1.165, 1.54) is 12.1 Å². The lowest BCUT2D eigenvalue weighted by atomic mass is 9.99. The first-order valence-corrected chi connectivity index (χ1v) is 14.4. The topological polar surface area (TPSA) is 120 Å². The molecule has 5 rings (SSSR count). The maximum atomic E-state index is 15.1. The van der Waals surface area contributed by atoms with Gasteiger partial charge in [-0.1, -0.05) is 12.1 Å². The third kappa shape index (κ3) is 7.73. The summed E-state index contributed by atoms with van der Waals surface area (Å²) in [6.07, 6.45) is 4.19. The third-order valence-corrected chi connectivity index (χ3v) is 7.37. The number of nitrogens with zero attached hydrogens (tertiary/aromatic N) is 1. The molecule has 11 heteroatoms. The minimum Gasteiger partial charge on any atom is -0.497 e. The molecule has 2 amide bonds. The molecule has 1 saturated heterocycles. The van der Waals surface area contributed by atoms with Gasteiger partial charge in [-0.05, 0) is 80.2 Å². The summed E-state index contributed by atoms with van der Waals surface area (Å²) in [6, 6.07) is 16.5. The van der Waals surface area contributed by atoms with Crippen LogP contribution in [0.3, 0.4) is 0 Å². The highest BCUT2D eigenvalue weighted by molar-refractivity contribution is 6.39. The predicted molar refractivity (Wildman–Crippen MR) is 164 cm³/mol. The Balaban J connectivity index is 1.20. The second-order valence-electron chi connectivity index (χ2n) is 10.4. The second kappa shape index (κ2) is 14.5. The number of amides is 2. The van der Waals surface area contributed by atoms with Gasteiger partial charge in [-0.25, -0.2) is 4.39 Å². The molecule has 0 radical (unpaired) electrons.